The molecular formula is C25H34N4O4S. The van der Waals surface area contributed by atoms with Crippen LogP contribution in [0.5, 0.6) is 0 Å². The smallest absolute Gasteiger partial charge is 0.341 e. The number of hydrogen-bond donors (Lipinski definition) is 2. The predicted molar refractivity (Wildman–Crippen MR) is 136 cm³/mol. The molecule has 8 nitrogen and oxygen atoms in total. The number of carbonyl (C=O) groups excluding carboxylic acids is 3. The monoisotopic (exact) mass is 486 g/mol. The van der Waals surface area contributed by atoms with Gasteiger partial charge in [-0.2, -0.15) is 0 Å². The summed E-state index contributed by atoms with van der Waals surface area (Å²) in [6, 6.07) is 8.33. The molecule has 0 radical (unpaired) electrons. The Bertz CT molecular complexity index is 1030. The summed E-state index contributed by atoms with van der Waals surface area (Å²) in [5.41, 5.74) is 3.14. The Morgan fingerprint density at radius 3 is 2.53 bits per heavy atom. The minimum absolute atomic E-state index is 0.142. The SMILES string of the molecule is CCOC(=O)c1c(NC(=O)CN(C)Cc2ccccc2N2CCCCC2)sc(C(=O)NC)c1C. The van der Waals surface area contributed by atoms with Gasteiger partial charge in [0.25, 0.3) is 5.91 Å². The molecule has 1 aliphatic rings. The van der Waals surface area contributed by atoms with Gasteiger partial charge in [-0.05, 0) is 57.4 Å². The highest BCUT2D eigenvalue weighted by molar-refractivity contribution is 7.18. The lowest BCUT2D eigenvalue weighted by Gasteiger charge is -2.31. The van der Waals surface area contributed by atoms with E-state index in [0.717, 1.165) is 24.4 Å². The average molecular weight is 487 g/mol. The molecule has 0 unspecified atom stereocenters. The van der Waals surface area contributed by atoms with Gasteiger partial charge in [0.05, 0.1) is 23.6 Å². The lowest BCUT2D eigenvalue weighted by Crippen LogP contribution is -2.33. The van der Waals surface area contributed by atoms with Gasteiger partial charge in [0, 0.05) is 32.4 Å². The second kappa shape index (κ2) is 12.0. The van der Waals surface area contributed by atoms with Gasteiger partial charge in [-0.25, -0.2) is 4.79 Å². The molecule has 0 spiro atoms. The number of amides is 2. The third kappa shape index (κ3) is 6.15. The quantitative estimate of drug-likeness (QED) is 0.526. The number of para-hydroxylation sites is 1. The predicted octanol–water partition coefficient (Wildman–Crippen LogP) is 3.65. The maximum absolute atomic E-state index is 12.9. The third-order valence-electron chi connectivity index (χ3n) is 5.85. The summed E-state index contributed by atoms with van der Waals surface area (Å²) in [6.07, 6.45) is 3.68. The number of likely N-dealkylation sites (N-methyl/N-ethyl adjacent to an activating group) is 1. The number of piperidine rings is 1. The van der Waals surface area contributed by atoms with Crippen molar-refractivity contribution in [1.82, 2.24) is 10.2 Å². The molecule has 0 atom stereocenters. The number of ether oxygens (including phenoxy) is 1. The zero-order chi connectivity index (χ0) is 24.7. The van der Waals surface area contributed by atoms with E-state index < -0.39 is 5.97 Å². The fourth-order valence-electron chi connectivity index (χ4n) is 4.23. The van der Waals surface area contributed by atoms with E-state index in [4.69, 9.17) is 4.74 Å². The first-order valence-corrected chi connectivity index (χ1v) is 12.5. The Labute approximate surface area is 205 Å². The van der Waals surface area contributed by atoms with E-state index in [2.05, 4.69) is 33.7 Å². The minimum Gasteiger partial charge on any atom is -0.462 e. The normalized spacial score (nSPS) is 13.6. The van der Waals surface area contributed by atoms with E-state index in [1.165, 1.54) is 37.6 Å². The molecule has 184 valence electrons. The Balaban J connectivity index is 1.71. The number of nitrogens with zero attached hydrogens (tertiary/aromatic N) is 2. The molecule has 1 fully saturated rings. The second-order valence-electron chi connectivity index (χ2n) is 8.46. The van der Waals surface area contributed by atoms with Crippen LogP contribution in [0.4, 0.5) is 10.7 Å². The van der Waals surface area contributed by atoms with E-state index in [0.29, 0.717) is 22.0 Å². The summed E-state index contributed by atoms with van der Waals surface area (Å²) in [7, 11) is 3.43. The number of hydrogen-bond acceptors (Lipinski definition) is 7. The molecule has 2 heterocycles. The second-order valence-corrected chi connectivity index (χ2v) is 9.48. The maximum Gasteiger partial charge on any atom is 0.341 e. The fraction of sp³-hybridized carbons (Fsp3) is 0.480. The summed E-state index contributed by atoms with van der Waals surface area (Å²) in [6.45, 7) is 6.49. The molecule has 2 aromatic rings. The first-order valence-electron chi connectivity index (χ1n) is 11.7. The van der Waals surface area contributed by atoms with Crippen molar-refractivity contribution in [3.05, 3.63) is 45.8 Å². The number of rotatable bonds is 9. The first-order chi connectivity index (χ1) is 16.3. The average Bonchev–Trinajstić information content (AvgIpc) is 3.14. The molecule has 0 bridgehead atoms. The van der Waals surface area contributed by atoms with Gasteiger partial charge in [-0.1, -0.05) is 18.2 Å². The van der Waals surface area contributed by atoms with Crippen LogP contribution in [-0.4, -0.2) is 63.0 Å². The maximum atomic E-state index is 12.9. The highest BCUT2D eigenvalue weighted by Gasteiger charge is 2.26. The minimum atomic E-state index is -0.550. The molecule has 2 amide bonds. The standard InChI is InChI=1S/C25H34N4O4S/c1-5-33-25(32)21-17(2)22(23(31)26-3)34-24(21)27-20(30)16-28(4)15-18-11-7-8-12-19(18)29-13-9-6-10-14-29/h7-8,11-12H,5-6,9-10,13-16H2,1-4H3,(H,26,31)(H,27,30). The summed E-state index contributed by atoms with van der Waals surface area (Å²) < 4.78 is 5.16. The molecule has 2 N–H and O–H groups in total. The molecule has 34 heavy (non-hydrogen) atoms. The van der Waals surface area contributed by atoms with E-state index in [1.54, 1.807) is 13.8 Å². The van der Waals surface area contributed by atoms with Crippen LogP contribution in [0.3, 0.4) is 0 Å². The van der Waals surface area contributed by atoms with Gasteiger partial charge < -0.3 is 20.3 Å². The third-order valence-corrected chi connectivity index (χ3v) is 7.06. The van der Waals surface area contributed by atoms with Crippen molar-refractivity contribution in [1.29, 1.82) is 0 Å². The summed E-state index contributed by atoms with van der Waals surface area (Å²) in [5.74, 6) is -1.11. The molecule has 0 aliphatic carbocycles. The highest BCUT2D eigenvalue weighted by Crippen LogP contribution is 2.34. The lowest BCUT2D eigenvalue weighted by molar-refractivity contribution is -0.117. The van der Waals surface area contributed by atoms with Crippen molar-refractivity contribution in [3.8, 4) is 0 Å². The van der Waals surface area contributed by atoms with Crippen molar-refractivity contribution in [2.45, 2.75) is 39.7 Å². The fourth-order valence-corrected chi connectivity index (χ4v) is 5.38. The summed E-state index contributed by atoms with van der Waals surface area (Å²) in [4.78, 5) is 42.4. The highest BCUT2D eigenvalue weighted by atomic mass is 32.1. The molecule has 0 saturated carbocycles. The molecule has 9 heteroatoms. The number of nitrogens with one attached hydrogen (secondary N) is 2. The Kier molecular flexibility index (Phi) is 9.06. The molecule has 1 saturated heterocycles. The van der Waals surface area contributed by atoms with Crippen LogP contribution in [0, 0.1) is 6.92 Å². The van der Waals surface area contributed by atoms with Gasteiger partial charge in [-0.15, -0.1) is 11.3 Å². The van der Waals surface area contributed by atoms with E-state index in [9.17, 15) is 14.4 Å². The largest absolute Gasteiger partial charge is 0.462 e. The van der Waals surface area contributed by atoms with Crippen LogP contribution in [0.2, 0.25) is 0 Å². The van der Waals surface area contributed by atoms with Gasteiger partial charge in [0.2, 0.25) is 5.91 Å². The van der Waals surface area contributed by atoms with E-state index >= 15 is 0 Å². The number of thiophene rings is 1. The molecule has 1 aromatic heterocycles. The summed E-state index contributed by atoms with van der Waals surface area (Å²) >= 11 is 1.08. The van der Waals surface area contributed by atoms with Crippen LogP contribution in [-0.2, 0) is 16.1 Å². The topological polar surface area (TPSA) is 91.0 Å². The molecule has 3 rings (SSSR count). The number of anilines is 2. The number of benzene rings is 1. The van der Waals surface area contributed by atoms with Crippen molar-refractivity contribution in [2.75, 3.05) is 50.6 Å². The van der Waals surface area contributed by atoms with Gasteiger partial charge in [0.15, 0.2) is 0 Å². The van der Waals surface area contributed by atoms with E-state index in [-0.39, 0.29) is 30.5 Å². The van der Waals surface area contributed by atoms with Crippen LogP contribution in [0.1, 0.15) is 57.3 Å². The molecule has 1 aliphatic heterocycles. The van der Waals surface area contributed by atoms with Crippen LogP contribution < -0.4 is 15.5 Å². The molecule has 1 aromatic carbocycles. The van der Waals surface area contributed by atoms with Crippen molar-refractivity contribution >= 4 is 39.8 Å². The number of carbonyl (C=O) groups is 3. The van der Waals surface area contributed by atoms with E-state index in [1.807, 2.05) is 18.0 Å². The van der Waals surface area contributed by atoms with Crippen molar-refractivity contribution in [3.63, 3.8) is 0 Å². The van der Waals surface area contributed by atoms with Crippen LogP contribution in [0.15, 0.2) is 24.3 Å². The van der Waals surface area contributed by atoms with Gasteiger partial charge in [0.1, 0.15) is 5.00 Å². The zero-order valence-electron chi connectivity index (χ0n) is 20.4. The Hall–Kier alpha value is -2.91. The Morgan fingerprint density at radius 2 is 1.85 bits per heavy atom. The first kappa shape index (κ1) is 25.7. The van der Waals surface area contributed by atoms with Gasteiger partial charge in [-0.3, -0.25) is 14.5 Å². The lowest BCUT2D eigenvalue weighted by atomic mass is 10.1. The molecular weight excluding hydrogens is 452 g/mol. The van der Waals surface area contributed by atoms with Crippen LogP contribution >= 0.6 is 11.3 Å². The van der Waals surface area contributed by atoms with Crippen molar-refractivity contribution in [2.24, 2.45) is 0 Å². The van der Waals surface area contributed by atoms with Crippen molar-refractivity contribution < 1.29 is 19.1 Å². The Morgan fingerprint density at radius 1 is 1.15 bits per heavy atom. The van der Waals surface area contributed by atoms with Gasteiger partial charge >= 0.3 is 5.97 Å². The zero-order valence-corrected chi connectivity index (χ0v) is 21.2. The number of esters is 1. The van der Waals surface area contributed by atoms with Crippen LogP contribution in [0.25, 0.3) is 0 Å². The summed E-state index contributed by atoms with van der Waals surface area (Å²) in [5, 5.41) is 5.74.